The largest absolute Gasteiger partial charge is 0.395 e. The molecule has 0 aliphatic heterocycles. The SMILES string of the molecule is CCC(CC)N(CCO)C(=O)c1cc(Br)c[nH]1. The molecule has 5 heteroatoms. The minimum atomic E-state index is -0.0570. The van der Waals surface area contributed by atoms with E-state index in [0.29, 0.717) is 12.2 Å². The van der Waals surface area contributed by atoms with E-state index in [-0.39, 0.29) is 18.6 Å². The van der Waals surface area contributed by atoms with Crippen LogP contribution in [0.4, 0.5) is 0 Å². The summed E-state index contributed by atoms with van der Waals surface area (Å²) in [7, 11) is 0. The van der Waals surface area contributed by atoms with E-state index < -0.39 is 0 Å². The van der Waals surface area contributed by atoms with Gasteiger partial charge in [0.15, 0.2) is 0 Å². The molecule has 0 spiro atoms. The molecule has 1 heterocycles. The lowest BCUT2D eigenvalue weighted by molar-refractivity contribution is 0.0617. The van der Waals surface area contributed by atoms with Crippen molar-refractivity contribution < 1.29 is 9.90 Å². The number of rotatable bonds is 6. The van der Waals surface area contributed by atoms with Crippen molar-refractivity contribution in [1.82, 2.24) is 9.88 Å². The van der Waals surface area contributed by atoms with Gasteiger partial charge >= 0.3 is 0 Å². The van der Waals surface area contributed by atoms with E-state index in [4.69, 9.17) is 5.11 Å². The molecule has 96 valence electrons. The molecule has 2 N–H and O–H groups in total. The molecule has 1 aromatic heterocycles. The number of carbonyl (C=O) groups excluding carboxylic acids is 1. The lowest BCUT2D eigenvalue weighted by atomic mass is 10.1. The maximum Gasteiger partial charge on any atom is 0.270 e. The average molecular weight is 303 g/mol. The topological polar surface area (TPSA) is 56.3 Å². The minimum Gasteiger partial charge on any atom is -0.395 e. The second-order valence-electron chi connectivity index (χ2n) is 3.92. The van der Waals surface area contributed by atoms with Crippen molar-refractivity contribution in [3.05, 3.63) is 22.4 Å². The number of carbonyl (C=O) groups is 1. The molecule has 1 rings (SSSR count). The maximum atomic E-state index is 12.3. The molecule has 0 saturated heterocycles. The van der Waals surface area contributed by atoms with E-state index >= 15 is 0 Å². The lowest BCUT2D eigenvalue weighted by Crippen LogP contribution is -2.41. The number of hydrogen-bond acceptors (Lipinski definition) is 2. The molecule has 1 amide bonds. The van der Waals surface area contributed by atoms with Crippen LogP contribution in [0.5, 0.6) is 0 Å². The summed E-state index contributed by atoms with van der Waals surface area (Å²) in [5.41, 5.74) is 0.553. The van der Waals surface area contributed by atoms with Crippen molar-refractivity contribution in [3.63, 3.8) is 0 Å². The van der Waals surface area contributed by atoms with Crippen LogP contribution in [0, 0.1) is 0 Å². The van der Waals surface area contributed by atoms with Crippen LogP contribution in [0.1, 0.15) is 37.2 Å². The van der Waals surface area contributed by atoms with Gasteiger partial charge in [0.25, 0.3) is 5.91 Å². The van der Waals surface area contributed by atoms with Gasteiger partial charge in [0.1, 0.15) is 5.69 Å². The predicted molar refractivity (Wildman–Crippen MR) is 71.0 cm³/mol. The van der Waals surface area contributed by atoms with Gasteiger partial charge in [0, 0.05) is 23.3 Å². The number of aromatic nitrogens is 1. The van der Waals surface area contributed by atoms with Crippen molar-refractivity contribution in [2.45, 2.75) is 32.7 Å². The molecule has 0 unspecified atom stereocenters. The van der Waals surface area contributed by atoms with Crippen LogP contribution in [0.15, 0.2) is 16.7 Å². The smallest absolute Gasteiger partial charge is 0.270 e. The van der Waals surface area contributed by atoms with Crippen LogP contribution >= 0.6 is 15.9 Å². The number of nitrogens with one attached hydrogen (secondary N) is 1. The molecular formula is C12H19BrN2O2. The van der Waals surface area contributed by atoms with E-state index in [2.05, 4.69) is 34.8 Å². The first-order valence-electron chi connectivity index (χ1n) is 5.89. The van der Waals surface area contributed by atoms with Crippen LogP contribution < -0.4 is 0 Å². The van der Waals surface area contributed by atoms with Crippen molar-refractivity contribution in [3.8, 4) is 0 Å². The first-order valence-corrected chi connectivity index (χ1v) is 6.69. The summed E-state index contributed by atoms with van der Waals surface area (Å²) < 4.78 is 0.856. The Morgan fingerprint density at radius 3 is 2.59 bits per heavy atom. The maximum absolute atomic E-state index is 12.3. The Balaban J connectivity index is 2.86. The third kappa shape index (κ3) is 3.57. The van der Waals surface area contributed by atoms with Crippen LogP contribution in [-0.2, 0) is 0 Å². The number of aliphatic hydroxyl groups is 1. The number of aliphatic hydroxyl groups excluding tert-OH is 1. The third-order valence-corrected chi connectivity index (χ3v) is 3.32. The minimum absolute atomic E-state index is 0.00980. The molecule has 0 radical (unpaired) electrons. The summed E-state index contributed by atoms with van der Waals surface area (Å²) in [5.74, 6) is -0.0570. The molecule has 0 aliphatic carbocycles. The molecule has 0 aliphatic rings. The zero-order valence-electron chi connectivity index (χ0n) is 10.2. The molecule has 0 aromatic carbocycles. The molecule has 0 atom stereocenters. The number of H-pyrrole nitrogens is 1. The zero-order chi connectivity index (χ0) is 12.8. The number of nitrogens with zero attached hydrogens (tertiary/aromatic N) is 1. The summed E-state index contributed by atoms with van der Waals surface area (Å²) in [6.07, 6.45) is 3.52. The number of aromatic amines is 1. The molecule has 17 heavy (non-hydrogen) atoms. The van der Waals surface area contributed by atoms with Crippen molar-refractivity contribution in [2.75, 3.05) is 13.2 Å². The Morgan fingerprint density at radius 1 is 1.53 bits per heavy atom. The van der Waals surface area contributed by atoms with E-state index in [1.165, 1.54) is 0 Å². The summed E-state index contributed by atoms with van der Waals surface area (Å²) in [6, 6.07) is 1.94. The highest BCUT2D eigenvalue weighted by Crippen LogP contribution is 2.16. The van der Waals surface area contributed by atoms with E-state index in [1.54, 1.807) is 17.2 Å². The molecular weight excluding hydrogens is 284 g/mol. The van der Waals surface area contributed by atoms with Gasteiger partial charge in [-0.05, 0) is 34.8 Å². The highest BCUT2D eigenvalue weighted by molar-refractivity contribution is 9.10. The van der Waals surface area contributed by atoms with E-state index in [1.807, 2.05) is 0 Å². The quantitative estimate of drug-likeness (QED) is 0.848. The summed E-state index contributed by atoms with van der Waals surface area (Å²) in [4.78, 5) is 16.9. The third-order valence-electron chi connectivity index (χ3n) is 2.86. The van der Waals surface area contributed by atoms with Gasteiger partial charge in [-0.15, -0.1) is 0 Å². The standard InChI is InChI=1S/C12H19BrN2O2/c1-3-10(4-2)15(5-6-16)12(17)11-7-9(13)8-14-11/h7-8,10,14,16H,3-6H2,1-2H3. The van der Waals surface area contributed by atoms with Crippen LogP contribution in [0.3, 0.4) is 0 Å². The van der Waals surface area contributed by atoms with Gasteiger partial charge in [-0.25, -0.2) is 0 Å². The Kier molecular flexibility index (Phi) is 5.71. The average Bonchev–Trinajstić information content (AvgIpc) is 2.75. The summed E-state index contributed by atoms with van der Waals surface area (Å²) in [6.45, 7) is 4.47. The van der Waals surface area contributed by atoms with Gasteiger partial charge in [0.2, 0.25) is 0 Å². The second-order valence-corrected chi connectivity index (χ2v) is 4.84. The Bertz CT molecular complexity index is 361. The predicted octanol–water partition coefficient (Wildman–Crippen LogP) is 2.40. The van der Waals surface area contributed by atoms with Crippen molar-refractivity contribution >= 4 is 21.8 Å². The highest BCUT2D eigenvalue weighted by atomic mass is 79.9. The number of halogens is 1. The fourth-order valence-corrected chi connectivity index (χ4v) is 2.28. The highest BCUT2D eigenvalue weighted by Gasteiger charge is 2.22. The van der Waals surface area contributed by atoms with Gasteiger partial charge in [0.05, 0.1) is 6.61 Å². The number of hydrogen-bond donors (Lipinski definition) is 2. The molecule has 1 aromatic rings. The summed E-state index contributed by atoms with van der Waals surface area (Å²) in [5, 5.41) is 9.06. The molecule has 0 saturated carbocycles. The second kappa shape index (κ2) is 6.81. The number of amides is 1. The van der Waals surface area contributed by atoms with Gasteiger partial charge < -0.3 is 15.0 Å². The molecule has 4 nitrogen and oxygen atoms in total. The monoisotopic (exact) mass is 302 g/mol. The van der Waals surface area contributed by atoms with Crippen LogP contribution in [-0.4, -0.2) is 40.1 Å². The van der Waals surface area contributed by atoms with Crippen LogP contribution in [0.2, 0.25) is 0 Å². The van der Waals surface area contributed by atoms with Crippen molar-refractivity contribution in [2.24, 2.45) is 0 Å². The molecule has 0 fully saturated rings. The Hall–Kier alpha value is -0.810. The lowest BCUT2D eigenvalue weighted by Gasteiger charge is -2.29. The first-order chi connectivity index (χ1) is 8.13. The zero-order valence-corrected chi connectivity index (χ0v) is 11.8. The fraction of sp³-hybridized carbons (Fsp3) is 0.583. The van der Waals surface area contributed by atoms with Gasteiger partial charge in [-0.3, -0.25) is 4.79 Å². The van der Waals surface area contributed by atoms with E-state index in [9.17, 15) is 4.79 Å². The van der Waals surface area contributed by atoms with E-state index in [0.717, 1.165) is 17.3 Å². The first kappa shape index (κ1) is 14.3. The summed E-state index contributed by atoms with van der Waals surface area (Å²) >= 11 is 3.31. The van der Waals surface area contributed by atoms with Gasteiger partial charge in [-0.1, -0.05) is 13.8 Å². The van der Waals surface area contributed by atoms with Crippen LogP contribution in [0.25, 0.3) is 0 Å². The van der Waals surface area contributed by atoms with Gasteiger partial charge in [-0.2, -0.15) is 0 Å². The Morgan fingerprint density at radius 2 is 2.18 bits per heavy atom. The van der Waals surface area contributed by atoms with Crippen molar-refractivity contribution in [1.29, 1.82) is 0 Å². The fourth-order valence-electron chi connectivity index (χ4n) is 1.93. The normalized spacial score (nSPS) is 10.9. The Labute approximate surface area is 110 Å². The molecule has 0 bridgehead atoms.